The number of anilines is 2. The lowest BCUT2D eigenvalue weighted by atomic mass is 10.3. The van der Waals surface area contributed by atoms with E-state index in [1.165, 1.54) is 31.4 Å². The number of amides is 1. The van der Waals surface area contributed by atoms with Gasteiger partial charge in [0.25, 0.3) is 15.9 Å². The molecular weight excluding hydrogens is 492 g/mol. The minimum Gasteiger partial charge on any atom is -0.497 e. The van der Waals surface area contributed by atoms with Gasteiger partial charge in [-0.05, 0) is 74.5 Å². The maximum atomic E-state index is 12.7. The lowest BCUT2D eigenvalue weighted by Crippen LogP contribution is -2.14. The number of nitrogens with one attached hydrogen (secondary N) is 2. The van der Waals surface area contributed by atoms with Gasteiger partial charge in [-0.25, -0.2) is 8.42 Å². The van der Waals surface area contributed by atoms with Crippen LogP contribution in [0.25, 0.3) is 0 Å². The zero-order valence-corrected chi connectivity index (χ0v) is 20.8. The van der Waals surface area contributed by atoms with E-state index in [0.29, 0.717) is 34.5 Å². The van der Waals surface area contributed by atoms with E-state index in [-0.39, 0.29) is 10.7 Å². The summed E-state index contributed by atoms with van der Waals surface area (Å²) in [5, 5.41) is 7.65. The van der Waals surface area contributed by atoms with E-state index in [0.717, 1.165) is 11.4 Å². The first-order chi connectivity index (χ1) is 16.7. The van der Waals surface area contributed by atoms with Crippen LogP contribution in [0.3, 0.4) is 0 Å². The van der Waals surface area contributed by atoms with E-state index in [2.05, 4.69) is 15.1 Å². The van der Waals surface area contributed by atoms with Gasteiger partial charge in [-0.15, -0.1) is 0 Å². The summed E-state index contributed by atoms with van der Waals surface area (Å²) < 4.78 is 40.2. The molecule has 182 valence electrons. The van der Waals surface area contributed by atoms with Crippen LogP contribution in [0.1, 0.15) is 27.7 Å². The SMILES string of the molecule is COc1ccc(NS(=O)(=O)c2ccc(NC(=O)c3ccc(Cn4nc(C)c(Cl)c4C)o3)cc2)cc1. The molecule has 0 unspecified atom stereocenters. The predicted molar refractivity (Wildman–Crippen MR) is 133 cm³/mol. The molecule has 0 spiro atoms. The number of methoxy groups -OCH3 is 1. The zero-order valence-electron chi connectivity index (χ0n) is 19.2. The molecule has 9 nitrogen and oxygen atoms in total. The van der Waals surface area contributed by atoms with Gasteiger partial charge in [0.05, 0.1) is 35.0 Å². The number of carbonyl (C=O) groups is 1. The summed E-state index contributed by atoms with van der Waals surface area (Å²) in [5.41, 5.74) is 2.35. The Morgan fingerprint density at radius 1 is 1.03 bits per heavy atom. The normalized spacial score (nSPS) is 11.3. The Morgan fingerprint density at radius 2 is 1.69 bits per heavy atom. The molecule has 0 aliphatic heterocycles. The van der Waals surface area contributed by atoms with Crippen LogP contribution in [0, 0.1) is 13.8 Å². The standard InChI is InChI=1S/C24H23ClN4O5S/c1-15-23(25)16(2)29(27-15)14-20-10-13-22(34-20)24(30)26-17-6-11-21(12-7-17)35(31,32)28-18-4-8-19(33-3)9-5-18/h4-13,28H,14H2,1-3H3,(H,26,30). The molecule has 0 aliphatic rings. The molecule has 2 N–H and O–H groups in total. The van der Waals surface area contributed by atoms with E-state index >= 15 is 0 Å². The molecule has 2 aromatic heterocycles. The molecule has 4 aromatic rings. The van der Waals surface area contributed by atoms with Gasteiger partial charge in [0, 0.05) is 11.4 Å². The van der Waals surface area contributed by atoms with Crippen molar-refractivity contribution in [2.24, 2.45) is 0 Å². The van der Waals surface area contributed by atoms with Gasteiger partial charge in [-0.1, -0.05) is 11.6 Å². The van der Waals surface area contributed by atoms with Gasteiger partial charge in [0.15, 0.2) is 5.76 Å². The third kappa shape index (κ3) is 5.50. The number of nitrogens with zero attached hydrogens (tertiary/aromatic N) is 2. The van der Waals surface area contributed by atoms with Crippen LogP contribution in [0.4, 0.5) is 11.4 Å². The van der Waals surface area contributed by atoms with Crippen molar-refractivity contribution in [2.75, 3.05) is 17.1 Å². The Labute approximate surface area is 207 Å². The number of sulfonamides is 1. The number of aryl methyl sites for hydroxylation is 1. The van der Waals surface area contributed by atoms with Gasteiger partial charge in [0.1, 0.15) is 11.5 Å². The van der Waals surface area contributed by atoms with Gasteiger partial charge >= 0.3 is 0 Å². The van der Waals surface area contributed by atoms with E-state index in [9.17, 15) is 13.2 Å². The van der Waals surface area contributed by atoms with Crippen LogP contribution in [-0.2, 0) is 16.6 Å². The monoisotopic (exact) mass is 514 g/mol. The summed E-state index contributed by atoms with van der Waals surface area (Å²) in [5.74, 6) is 0.816. The molecule has 0 saturated carbocycles. The summed E-state index contributed by atoms with van der Waals surface area (Å²) in [7, 11) is -2.27. The number of hydrogen-bond acceptors (Lipinski definition) is 6. The van der Waals surface area contributed by atoms with Crippen LogP contribution < -0.4 is 14.8 Å². The second kappa shape index (κ2) is 9.85. The fourth-order valence-electron chi connectivity index (χ4n) is 3.34. The highest BCUT2D eigenvalue weighted by molar-refractivity contribution is 7.92. The van der Waals surface area contributed by atoms with Gasteiger partial charge in [0.2, 0.25) is 0 Å². The molecule has 0 radical (unpaired) electrons. The molecule has 35 heavy (non-hydrogen) atoms. The van der Waals surface area contributed by atoms with Crippen molar-refractivity contribution in [3.63, 3.8) is 0 Å². The molecule has 0 saturated heterocycles. The van der Waals surface area contributed by atoms with E-state index in [1.807, 2.05) is 13.8 Å². The Bertz CT molecular complexity index is 1460. The van der Waals surface area contributed by atoms with Crippen molar-refractivity contribution >= 4 is 38.9 Å². The lowest BCUT2D eigenvalue weighted by Gasteiger charge is -2.10. The molecule has 2 aromatic carbocycles. The average molecular weight is 515 g/mol. The summed E-state index contributed by atoms with van der Waals surface area (Å²) in [6.45, 7) is 4.01. The first-order valence-corrected chi connectivity index (χ1v) is 12.4. The summed E-state index contributed by atoms with van der Waals surface area (Å²) in [6.07, 6.45) is 0. The molecule has 2 heterocycles. The molecule has 4 rings (SSSR count). The average Bonchev–Trinajstić information content (AvgIpc) is 3.40. The van der Waals surface area contributed by atoms with Crippen molar-refractivity contribution < 1.29 is 22.4 Å². The van der Waals surface area contributed by atoms with Crippen molar-refractivity contribution in [2.45, 2.75) is 25.3 Å². The van der Waals surface area contributed by atoms with E-state index < -0.39 is 15.9 Å². The second-order valence-electron chi connectivity index (χ2n) is 7.72. The third-order valence-electron chi connectivity index (χ3n) is 5.25. The number of halogens is 1. The second-order valence-corrected chi connectivity index (χ2v) is 9.78. The number of carbonyl (C=O) groups excluding carboxylic acids is 1. The number of benzene rings is 2. The van der Waals surface area contributed by atoms with Crippen molar-refractivity contribution in [1.29, 1.82) is 0 Å². The van der Waals surface area contributed by atoms with Crippen LogP contribution in [0.2, 0.25) is 5.02 Å². The largest absolute Gasteiger partial charge is 0.497 e. The number of aromatic nitrogens is 2. The fourth-order valence-corrected chi connectivity index (χ4v) is 4.54. The molecule has 0 aliphatic carbocycles. The Hall–Kier alpha value is -3.76. The number of rotatable bonds is 8. The third-order valence-corrected chi connectivity index (χ3v) is 7.19. The highest BCUT2D eigenvalue weighted by atomic mass is 35.5. The van der Waals surface area contributed by atoms with E-state index in [4.69, 9.17) is 20.8 Å². The maximum Gasteiger partial charge on any atom is 0.291 e. The maximum absolute atomic E-state index is 12.7. The lowest BCUT2D eigenvalue weighted by molar-refractivity contribution is 0.0994. The van der Waals surface area contributed by atoms with Crippen molar-refractivity contribution in [1.82, 2.24) is 9.78 Å². The molecule has 11 heteroatoms. The topological polar surface area (TPSA) is 115 Å². The molecule has 0 atom stereocenters. The van der Waals surface area contributed by atoms with Crippen LogP contribution in [0.15, 0.2) is 70.0 Å². The highest BCUT2D eigenvalue weighted by Gasteiger charge is 2.17. The first kappa shape index (κ1) is 24.4. The first-order valence-electron chi connectivity index (χ1n) is 10.5. The molecule has 0 bridgehead atoms. The Kier molecular flexibility index (Phi) is 6.86. The summed E-state index contributed by atoms with van der Waals surface area (Å²) in [6, 6.07) is 15.6. The predicted octanol–water partition coefficient (Wildman–Crippen LogP) is 4.86. The molecular formula is C24H23ClN4O5S. The van der Waals surface area contributed by atoms with E-state index in [1.54, 1.807) is 41.1 Å². The Balaban J connectivity index is 1.40. The fraction of sp³-hybridized carbons (Fsp3) is 0.167. The quantitative estimate of drug-likeness (QED) is 0.347. The minimum absolute atomic E-state index is 0.0511. The van der Waals surface area contributed by atoms with Crippen LogP contribution in [-0.4, -0.2) is 31.2 Å². The van der Waals surface area contributed by atoms with Gasteiger partial charge < -0.3 is 14.5 Å². The molecule has 1 amide bonds. The number of hydrogen-bond donors (Lipinski definition) is 2. The molecule has 0 fully saturated rings. The van der Waals surface area contributed by atoms with Crippen LogP contribution >= 0.6 is 11.6 Å². The van der Waals surface area contributed by atoms with Crippen LogP contribution in [0.5, 0.6) is 5.75 Å². The smallest absolute Gasteiger partial charge is 0.291 e. The van der Waals surface area contributed by atoms with Crippen molar-refractivity contribution in [3.8, 4) is 5.75 Å². The van der Waals surface area contributed by atoms with Gasteiger partial charge in [-0.3, -0.25) is 14.2 Å². The zero-order chi connectivity index (χ0) is 25.2. The van der Waals surface area contributed by atoms with Crippen molar-refractivity contribution in [3.05, 3.63) is 88.6 Å². The minimum atomic E-state index is -3.80. The van der Waals surface area contributed by atoms with Gasteiger partial charge in [-0.2, -0.15) is 5.10 Å². The number of furan rings is 1. The Morgan fingerprint density at radius 3 is 2.29 bits per heavy atom. The number of ether oxygens (including phenoxy) is 1. The summed E-state index contributed by atoms with van der Waals surface area (Å²) in [4.78, 5) is 12.6. The highest BCUT2D eigenvalue weighted by Crippen LogP contribution is 2.22. The summed E-state index contributed by atoms with van der Waals surface area (Å²) >= 11 is 6.18.